The normalized spacial score (nSPS) is 10.5. The molecule has 0 bridgehead atoms. The molecule has 0 aliphatic heterocycles. The van der Waals surface area contributed by atoms with E-state index in [1.165, 1.54) is 12.3 Å². The molecule has 0 unspecified atom stereocenters. The topological polar surface area (TPSA) is 45.2 Å². The molecule has 1 aromatic heterocycles. The van der Waals surface area contributed by atoms with E-state index in [0.717, 1.165) is 29.1 Å². The number of halogens is 2. The minimum atomic E-state index is -0.838. The van der Waals surface area contributed by atoms with Crippen molar-refractivity contribution in [3.05, 3.63) is 83.7 Å². The number of aryl methyl sites for hydroxylation is 1. The largest absolute Gasteiger partial charge is 0.342 e. The van der Waals surface area contributed by atoms with Crippen molar-refractivity contribution in [3.63, 3.8) is 0 Å². The van der Waals surface area contributed by atoms with E-state index in [4.69, 9.17) is 0 Å². The van der Waals surface area contributed by atoms with Crippen molar-refractivity contribution in [1.29, 1.82) is 0 Å². The van der Waals surface area contributed by atoms with Crippen LogP contribution in [0, 0.1) is 18.6 Å². The summed E-state index contributed by atoms with van der Waals surface area (Å²) < 4.78 is 26.8. The minimum Gasteiger partial charge on any atom is -0.342 e. The molecule has 2 aromatic carbocycles. The predicted octanol–water partition coefficient (Wildman–Crippen LogP) is 5.08. The fourth-order valence-electron chi connectivity index (χ4n) is 2.80. The first-order valence-electron chi connectivity index (χ1n) is 8.54. The second-order valence-electron chi connectivity index (χ2n) is 6.06. The Morgan fingerprint density at radius 2 is 1.85 bits per heavy atom. The van der Waals surface area contributed by atoms with Crippen LogP contribution in [0.1, 0.15) is 23.0 Å². The third-order valence-electron chi connectivity index (χ3n) is 4.10. The van der Waals surface area contributed by atoms with Crippen LogP contribution in [0.2, 0.25) is 0 Å². The molecule has 0 radical (unpaired) electrons. The van der Waals surface area contributed by atoms with Crippen molar-refractivity contribution < 1.29 is 13.6 Å². The van der Waals surface area contributed by atoms with Gasteiger partial charge in [-0.25, -0.2) is 8.78 Å². The molecule has 4 nitrogen and oxygen atoms in total. The van der Waals surface area contributed by atoms with Crippen molar-refractivity contribution in [3.8, 4) is 0 Å². The molecule has 0 atom stereocenters. The van der Waals surface area contributed by atoms with Crippen LogP contribution >= 0.6 is 0 Å². The number of benzene rings is 2. The van der Waals surface area contributed by atoms with Gasteiger partial charge < -0.3 is 10.2 Å². The number of pyridine rings is 1. The monoisotopic (exact) mass is 367 g/mol. The number of hydrogen-bond donors (Lipinski definition) is 1. The number of aromatic nitrogens is 1. The van der Waals surface area contributed by atoms with E-state index >= 15 is 0 Å². The fourth-order valence-corrected chi connectivity index (χ4v) is 2.80. The van der Waals surface area contributed by atoms with Gasteiger partial charge in [0.15, 0.2) is 0 Å². The smallest absolute Gasteiger partial charge is 0.274 e. The van der Waals surface area contributed by atoms with Crippen molar-refractivity contribution in [1.82, 2.24) is 4.98 Å². The number of nitrogens with zero attached hydrogens (tertiary/aromatic N) is 2. The van der Waals surface area contributed by atoms with E-state index < -0.39 is 17.5 Å². The Labute approximate surface area is 156 Å². The molecule has 6 heteroatoms. The summed E-state index contributed by atoms with van der Waals surface area (Å²) in [6, 6.07) is 14.5. The van der Waals surface area contributed by atoms with Gasteiger partial charge in [0.1, 0.15) is 17.3 Å². The molecular weight excluding hydrogens is 348 g/mol. The number of carbonyl (C=O) groups is 1. The van der Waals surface area contributed by atoms with E-state index in [1.54, 1.807) is 12.1 Å². The van der Waals surface area contributed by atoms with Crippen LogP contribution < -0.4 is 10.2 Å². The Morgan fingerprint density at radius 1 is 1.07 bits per heavy atom. The van der Waals surface area contributed by atoms with Gasteiger partial charge >= 0.3 is 0 Å². The fraction of sp³-hybridized carbons (Fsp3) is 0.143. The van der Waals surface area contributed by atoms with Gasteiger partial charge in [-0.1, -0.05) is 12.1 Å². The number of hydrogen-bond acceptors (Lipinski definition) is 3. The van der Waals surface area contributed by atoms with Crippen LogP contribution in [0.15, 0.2) is 60.8 Å². The van der Waals surface area contributed by atoms with Gasteiger partial charge in [0.25, 0.3) is 5.91 Å². The first-order chi connectivity index (χ1) is 13.0. The number of nitrogens with one attached hydrogen (secondary N) is 1. The average Bonchev–Trinajstić information content (AvgIpc) is 2.65. The summed E-state index contributed by atoms with van der Waals surface area (Å²) in [5.41, 5.74) is 2.97. The molecule has 0 spiro atoms. The van der Waals surface area contributed by atoms with E-state index in [9.17, 15) is 13.6 Å². The van der Waals surface area contributed by atoms with Gasteiger partial charge in [-0.3, -0.25) is 9.78 Å². The summed E-state index contributed by atoms with van der Waals surface area (Å²) in [6.07, 6.45) is 1.53. The molecule has 3 rings (SSSR count). The second-order valence-corrected chi connectivity index (χ2v) is 6.06. The van der Waals surface area contributed by atoms with Crippen LogP contribution in [-0.4, -0.2) is 17.4 Å². The SMILES string of the molecule is CCN(c1cccc(C)c1)c1ccnc(C(=O)Nc2ccc(F)cc2F)c1. The van der Waals surface area contributed by atoms with Crippen LogP contribution in [0.3, 0.4) is 0 Å². The summed E-state index contributed by atoms with van der Waals surface area (Å²) in [4.78, 5) is 18.6. The van der Waals surface area contributed by atoms with Gasteiger partial charge in [-0.05, 0) is 55.8 Å². The zero-order valence-corrected chi connectivity index (χ0v) is 15.0. The lowest BCUT2D eigenvalue weighted by atomic mass is 10.2. The van der Waals surface area contributed by atoms with E-state index in [-0.39, 0.29) is 11.4 Å². The number of anilines is 3. The highest BCUT2D eigenvalue weighted by Crippen LogP contribution is 2.26. The maximum Gasteiger partial charge on any atom is 0.274 e. The van der Waals surface area contributed by atoms with E-state index in [2.05, 4.69) is 16.4 Å². The molecule has 0 saturated carbocycles. The lowest BCUT2D eigenvalue weighted by molar-refractivity contribution is 0.102. The highest BCUT2D eigenvalue weighted by Gasteiger charge is 2.14. The zero-order valence-electron chi connectivity index (χ0n) is 15.0. The first kappa shape index (κ1) is 18.5. The summed E-state index contributed by atoms with van der Waals surface area (Å²) in [5, 5.41) is 2.43. The highest BCUT2D eigenvalue weighted by molar-refractivity contribution is 6.03. The van der Waals surface area contributed by atoms with Crippen LogP contribution in [0.4, 0.5) is 25.8 Å². The quantitative estimate of drug-likeness (QED) is 0.684. The Morgan fingerprint density at radius 3 is 2.56 bits per heavy atom. The maximum atomic E-state index is 13.8. The Balaban J connectivity index is 1.86. The molecule has 0 saturated heterocycles. The molecule has 0 aliphatic rings. The van der Waals surface area contributed by atoms with Crippen LogP contribution in [-0.2, 0) is 0 Å². The van der Waals surface area contributed by atoms with Crippen LogP contribution in [0.5, 0.6) is 0 Å². The Hall–Kier alpha value is -3.28. The Bertz CT molecular complexity index is 975. The second kappa shape index (κ2) is 7.95. The minimum absolute atomic E-state index is 0.0976. The maximum absolute atomic E-state index is 13.8. The molecule has 27 heavy (non-hydrogen) atoms. The lowest BCUT2D eigenvalue weighted by Gasteiger charge is -2.24. The molecule has 0 fully saturated rings. The summed E-state index contributed by atoms with van der Waals surface area (Å²) in [7, 11) is 0. The molecule has 1 heterocycles. The molecule has 1 amide bonds. The molecule has 1 N–H and O–H groups in total. The van der Waals surface area contributed by atoms with Gasteiger partial charge in [0.2, 0.25) is 0 Å². The van der Waals surface area contributed by atoms with Crippen molar-refractivity contribution >= 4 is 23.0 Å². The van der Waals surface area contributed by atoms with Gasteiger partial charge in [0, 0.05) is 30.2 Å². The third kappa shape index (κ3) is 4.28. The van der Waals surface area contributed by atoms with E-state index in [0.29, 0.717) is 6.54 Å². The Kier molecular flexibility index (Phi) is 5.45. The molecule has 3 aromatic rings. The third-order valence-corrected chi connectivity index (χ3v) is 4.10. The van der Waals surface area contributed by atoms with Crippen LogP contribution in [0.25, 0.3) is 0 Å². The summed E-state index contributed by atoms with van der Waals surface area (Å²) >= 11 is 0. The van der Waals surface area contributed by atoms with E-state index in [1.807, 2.05) is 36.9 Å². The molecular formula is C21H19F2N3O. The lowest BCUT2D eigenvalue weighted by Crippen LogP contribution is -2.19. The average molecular weight is 367 g/mol. The number of carbonyl (C=O) groups excluding carboxylic acids is 1. The summed E-state index contributed by atoms with van der Waals surface area (Å²) in [6.45, 7) is 4.72. The van der Waals surface area contributed by atoms with Crippen molar-refractivity contribution in [2.45, 2.75) is 13.8 Å². The van der Waals surface area contributed by atoms with Crippen molar-refractivity contribution in [2.24, 2.45) is 0 Å². The summed E-state index contributed by atoms with van der Waals surface area (Å²) in [5.74, 6) is -2.11. The van der Waals surface area contributed by atoms with Gasteiger partial charge in [0.05, 0.1) is 5.69 Å². The highest BCUT2D eigenvalue weighted by atomic mass is 19.1. The van der Waals surface area contributed by atoms with Gasteiger partial charge in [-0.15, -0.1) is 0 Å². The molecule has 0 aliphatic carbocycles. The first-order valence-corrected chi connectivity index (χ1v) is 8.54. The standard InChI is InChI=1S/C21H19F2N3O/c1-3-26(16-6-4-5-14(2)11-16)17-9-10-24-20(13-17)21(27)25-19-8-7-15(22)12-18(19)23/h4-13H,3H2,1-2H3,(H,25,27). The predicted molar refractivity (Wildman–Crippen MR) is 102 cm³/mol. The van der Waals surface area contributed by atoms with Crippen molar-refractivity contribution in [2.75, 3.05) is 16.8 Å². The zero-order chi connectivity index (χ0) is 19.4. The van der Waals surface area contributed by atoms with Gasteiger partial charge in [-0.2, -0.15) is 0 Å². The number of rotatable bonds is 5. The number of amides is 1. The molecule has 138 valence electrons.